The van der Waals surface area contributed by atoms with Gasteiger partial charge < -0.3 is 9.72 Å². The van der Waals surface area contributed by atoms with E-state index < -0.39 is 0 Å². The molecule has 0 unspecified atom stereocenters. The van der Waals surface area contributed by atoms with Crippen molar-refractivity contribution in [2.24, 2.45) is 0 Å². The molecule has 2 heterocycles. The Labute approximate surface area is 94.6 Å². The number of pyridine rings is 1. The van der Waals surface area contributed by atoms with Crippen molar-refractivity contribution in [2.45, 2.75) is 26.4 Å². The number of H-pyrrole nitrogens is 1. The second kappa shape index (κ2) is 5.30. The van der Waals surface area contributed by atoms with Gasteiger partial charge in [0.2, 0.25) is 0 Å². The number of aromatic nitrogens is 2. The van der Waals surface area contributed by atoms with E-state index in [1.807, 2.05) is 45.3 Å². The molecule has 2 aromatic rings. The largest absolute Gasteiger partial charge is 0.462 e. The fraction of sp³-hybridized carbons (Fsp3) is 0.333. The lowest BCUT2D eigenvalue weighted by atomic mass is 10.2. The first-order chi connectivity index (χ1) is 7.53. The number of fused-ring (bicyclic) bond motifs is 1. The van der Waals surface area contributed by atoms with Crippen molar-refractivity contribution >= 4 is 17.4 Å². The average Bonchev–Trinajstić information content (AvgIpc) is 2.64. The first-order valence-electron chi connectivity index (χ1n) is 5.02. The summed E-state index contributed by atoms with van der Waals surface area (Å²) in [6.07, 6.45) is 5.60. The van der Waals surface area contributed by atoms with Gasteiger partial charge in [-0.15, -0.1) is 0 Å². The summed E-state index contributed by atoms with van der Waals surface area (Å²) >= 11 is 0. The van der Waals surface area contributed by atoms with Crippen molar-refractivity contribution in [2.75, 3.05) is 0 Å². The molecular formula is C12H16N2O2. The molecule has 0 aliphatic heterocycles. The number of ether oxygens (including phenoxy) is 1. The maximum absolute atomic E-state index is 9.60. The summed E-state index contributed by atoms with van der Waals surface area (Å²) in [6, 6.07) is 3.95. The molecule has 0 aliphatic carbocycles. The SMILES string of the molecule is CC(C)(C)OC=O.c1cnc2c[nH]cc2c1. The summed E-state index contributed by atoms with van der Waals surface area (Å²) in [5.74, 6) is 0. The van der Waals surface area contributed by atoms with Crippen LogP contribution in [-0.2, 0) is 9.53 Å². The molecule has 0 atom stereocenters. The van der Waals surface area contributed by atoms with Crippen LogP contribution in [0.2, 0.25) is 0 Å². The minimum absolute atomic E-state index is 0.318. The van der Waals surface area contributed by atoms with Gasteiger partial charge in [-0.05, 0) is 32.9 Å². The molecule has 1 N–H and O–H groups in total. The van der Waals surface area contributed by atoms with Crippen LogP contribution in [-0.4, -0.2) is 22.0 Å². The number of carbonyl (C=O) groups excluding carboxylic acids is 1. The number of aromatic amines is 1. The molecule has 0 amide bonds. The van der Waals surface area contributed by atoms with E-state index in [-0.39, 0.29) is 5.60 Å². The lowest BCUT2D eigenvalue weighted by molar-refractivity contribution is -0.138. The van der Waals surface area contributed by atoms with Crippen LogP contribution in [0.15, 0.2) is 30.7 Å². The lowest BCUT2D eigenvalue weighted by Crippen LogP contribution is -2.17. The quantitative estimate of drug-likeness (QED) is 0.751. The molecule has 86 valence electrons. The minimum atomic E-state index is -0.318. The number of nitrogens with zero attached hydrogens (tertiary/aromatic N) is 1. The van der Waals surface area contributed by atoms with Crippen molar-refractivity contribution in [1.29, 1.82) is 0 Å². The Balaban J connectivity index is 0.000000168. The topological polar surface area (TPSA) is 55.0 Å². The molecule has 0 bridgehead atoms. The van der Waals surface area contributed by atoms with E-state index in [0.717, 1.165) is 10.9 Å². The van der Waals surface area contributed by atoms with Gasteiger partial charge in [0.25, 0.3) is 6.47 Å². The van der Waals surface area contributed by atoms with Gasteiger partial charge in [-0.2, -0.15) is 0 Å². The third-order valence-electron chi connectivity index (χ3n) is 1.73. The first-order valence-corrected chi connectivity index (χ1v) is 5.02. The van der Waals surface area contributed by atoms with E-state index >= 15 is 0 Å². The Morgan fingerprint density at radius 3 is 2.62 bits per heavy atom. The van der Waals surface area contributed by atoms with E-state index in [4.69, 9.17) is 0 Å². The molecule has 0 spiro atoms. The van der Waals surface area contributed by atoms with Crippen LogP contribution in [0.5, 0.6) is 0 Å². The summed E-state index contributed by atoms with van der Waals surface area (Å²) in [5, 5.41) is 1.16. The molecule has 2 aromatic heterocycles. The lowest BCUT2D eigenvalue weighted by Gasteiger charge is -2.14. The number of nitrogens with one attached hydrogen (secondary N) is 1. The van der Waals surface area contributed by atoms with Crippen LogP contribution in [0.25, 0.3) is 10.9 Å². The van der Waals surface area contributed by atoms with E-state index in [1.54, 1.807) is 6.20 Å². The van der Waals surface area contributed by atoms with Gasteiger partial charge in [0.15, 0.2) is 0 Å². The highest BCUT2D eigenvalue weighted by Gasteiger charge is 2.07. The van der Waals surface area contributed by atoms with Gasteiger partial charge in [-0.3, -0.25) is 9.78 Å². The molecule has 2 rings (SSSR count). The number of carbonyl (C=O) groups is 1. The minimum Gasteiger partial charge on any atom is -0.462 e. The van der Waals surface area contributed by atoms with Crippen LogP contribution in [0.3, 0.4) is 0 Å². The first kappa shape index (κ1) is 12.2. The average molecular weight is 220 g/mol. The molecule has 0 fully saturated rings. The number of hydrogen-bond donors (Lipinski definition) is 1. The summed E-state index contributed by atoms with van der Waals surface area (Å²) in [5.41, 5.74) is 0.708. The molecule has 4 nitrogen and oxygen atoms in total. The van der Waals surface area contributed by atoms with Crippen molar-refractivity contribution in [3.8, 4) is 0 Å². The van der Waals surface area contributed by atoms with Crippen LogP contribution in [0.1, 0.15) is 20.8 Å². The molecule has 4 heteroatoms. The third-order valence-corrected chi connectivity index (χ3v) is 1.73. The Morgan fingerprint density at radius 2 is 2.12 bits per heavy atom. The smallest absolute Gasteiger partial charge is 0.293 e. The molecule has 0 radical (unpaired) electrons. The Kier molecular flexibility index (Phi) is 4.05. The van der Waals surface area contributed by atoms with Crippen LogP contribution >= 0.6 is 0 Å². The Hall–Kier alpha value is -1.84. The van der Waals surface area contributed by atoms with Gasteiger partial charge in [0.05, 0.1) is 5.52 Å². The molecule has 0 saturated heterocycles. The molecule has 0 saturated carbocycles. The zero-order chi connectivity index (χ0) is 12.0. The van der Waals surface area contributed by atoms with Crippen LogP contribution in [0, 0.1) is 0 Å². The summed E-state index contributed by atoms with van der Waals surface area (Å²) in [7, 11) is 0. The van der Waals surface area contributed by atoms with Crippen molar-refractivity contribution < 1.29 is 9.53 Å². The summed E-state index contributed by atoms with van der Waals surface area (Å²) in [4.78, 5) is 16.7. The highest BCUT2D eigenvalue weighted by atomic mass is 16.5. The molecule has 16 heavy (non-hydrogen) atoms. The van der Waals surface area contributed by atoms with E-state index in [1.165, 1.54) is 0 Å². The maximum atomic E-state index is 9.60. The number of hydrogen-bond acceptors (Lipinski definition) is 3. The van der Waals surface area contributed by atoms with Crippen molar-refractivity contribution in [3.63, 3.8) is 0 Å². The Bertz CT molecular complexity index is 413. The number of rotatable bonds is 1. The van der Waals surface area contributed by atoms with E-state index in [0.29, 0.717) is 6.47 Å². The van der Waals surface area contributed by atoms with E-state index in [9.17, 15) is 4.79 Å². The van der Waals surface area contributed by atoms with Crippen LogP contribution in [0.4, 0.5) is 0 Å². The normalized spacial score (nSPS) is 10.4. The van der Waals surface area contributed by atoms with Gasteiger partial charge in [0, 0.05) is 24.0 Å². The fourth-order valence-electron chi connectivity index (χ4n) is 1.03. The van der Waals surface area contributed by atoms with Crippen LogP contribution < -0.4 is 0 Å². The monoisotopic (exact) mass is 220 g/mol. The molecule has 0 aromatic carbocycles. The zero-order valence-corrected chi connectivity index (χ0v) is 9.73. The predicted octanol–water partition coefficient (Wildman–Crippen LogP) is 2.52. The fourth-order valence-corrected chi connectivity index (χ4v) is 1.03. The van der Waals surface area contributed by atoms with Gasteiger partial charge in [-0.1, -0.05) is 0 Å². The standard InChI is InChI=1S/C7H6N2.C5H10O2/c1-2-6-4-8-5-7(6)9-3-1;1-5(2,3)7-4-6/h1-5,8H;4H,1-3H3. The van der Waals surface area contributed by atoms with E-state index in [2.05, 4.69) is 14.7 Å². The second-order valence-corrected chi connectivity index (χ2v) is 4.26. The third kappa shape index (κ3) is 4.13. The Morgan fingerprint density at radius 1 is 1.38 bits per heavy atom. The maximum Gasteiger partial charge on any atom is 0.293 e. The predicted molar refractivity (Wildman–Crippen MR) is 63.0 cm³/mol. The van der Waals surface area contributed by atoms with Gasteiger partial charge in [-0.25, -0.2) is 0 Å². The van der Waals surface area contributed by atoms with Gasteiger partial charge >= 0.3 is 0 Å². The van der Waals surface area contributed by atoms with Crippen molar-refractivity contribution in [1.82, 2.24) is 9.97 Å². The molecule has 0 aliphatic rings. The zero-order valence-electron chi connectivity index (χ0n) is 9.73. The molecular weight excluding hydrogens is 204 g/mol. The highest BCUT2D eigenvalue weighted by Crippen LogP contribution is 2.06. The summed E-state index contributed by atoms with van der Waals surface area (Å²) < 4.78 is 4.55. The van der Waals surface area contributed by atoms with Crippen molar-refractivity contribution in [3.05, 3.63) is 30.7 Å². The highest BCUT2D eigenvalue weighted by molar-refractivity contribution is 5.77. The summed E-state index contributed by atoms with van der Waals surface area (Å²) in [6.45, 7) is 5.92. The van der Waals surface area contributed by atoms with Gasteiger partial charge in [0.1, 0.15) is 5.60 Å². The second-order valence-electron chi connectivity index (χ2n) is 4.26.